The molecule has 1 aromatic carbocycles. The predicted molar refractivity (Wildman–Crippen MR) is 102 cm³/mol. The standard InChI is InChI=1S/C19H27Cl2N3/c20-18-6-5-17(12-19(18)21)23-10-8-22(9-11-23)13-15-2-1-7-24(14-15)16-3-4-16/h5-6,12,15-16H,1-4,7-11,13-14H2. The van der Waals surface area contributed by atoms with Crippen molar-refractivity contribution >= 4 is 28.9 Å². The van der Waals surface area contributed by atoms with Gasteiger partial charge in [-0.1, -0.05) is 23.2 Å². The highest BCUT2D eigenvalue weighted by Gasteiger charge is 2.33. The molecule has 0 aromatic heterocycles. The maximum absolute atomic E-state index is 6.16. The van der Waals surface area contributed by atoms with Crippen molar-refractivity contribution in [3.8, 4) is 0 Å². The summed E-state index contributed by atoms with van der Waals surface area (Å²) in [6, 6.07) is 6.91. The first kappa shape index (κ1) is 17.0. The number of hydrogen-bond acceptors (Lipinski definition) is 3. The Morgan fingerprint density at radius 2 is 1.71 bits per heavy atom. The number of piperazine rings is 1. The molecule has 4 rings (SSSR count). The van der Waals surface area contributed by atoms with Crippen molar-refractivity contribution in [1.82, 2.24) is 9.80 Å². The van der Waals surface area contributed by atoms with Crippen LogP contribution in [0.1, 0.15) is 25.7 Å². The molecule has 2 aliphatic heterocycles. The summed E-state index contributed by atoms with van der Waals surface area (Å²) in [6.45, 7) is 8.41. The number of anilines is 1. The fourth-order valence-electron chi connectivity index (χ4n) is 4.25. The smallest absolute Gasteiger partial charge is 0.0612 e. The van der Waals surface area contributed by atoms with Crippen LogP contribution < -0.4 is 4.90 Å². The lowest BCUT2D eigenvalue weighted by Gasteiger charge is -2.40. The first-order valence-electron chi connectivity index (χ1n) is 9.35. The summed E-state index contributed by atoms with van der Waals surface area (Å²) in [5.74, 6) is 0.871. The zero-order valence-corrected chi connectivity index (χ0v) is 15.8. The topological polar surface area (TPSA) is 9.72 Å². The molecule has 132 valence electrons. The minimum atomic E-state index is 0.636. The van der Waals surface area contributed by atoms with E-state index < -0.39 is 0 Å². The lowest BCUT2D eigenvalue weighted by Crippen LogP contribution is -2.49. The van der Waals surface area contributed by atoms with E-state index >= 15 is 0 Å². The molecule has 0 spiro atoms. The number of hydrogen-bond donors (Lipinski definition) is 0. The second kappa shape index (κ2) is 7.41. The molecule has 0 N–H and O–H groups in total. The molecule has 5 heteroatoms. The molecule has 24 heavy (non-hydrogen) atoms. The Labute approximate surface area is 155 Å². The molecule has 3 aliphatic rings. The van der Waals surface area contributed by atoms with Crippen molar-refractivity contribution in [3.63, 3.8) is 0 Å². The van der Waals surface area contributed by atoms with Gasteiger partial charge < -0.3 is 9.80 Å². The van der Waals surface area contributed by atoms with E-state index in [0.717, 1.165) is 38.1 Å². The van der Waals surface area contributed by atoms with Crippen LogP contribution in [0.15, 0.2) is 18.2 Å². The lowest BCUT2D eigenvalue weighted by atomic mass is 9.97. The number of piperidine rings is 1. The summed E-state index contributed by atoms with van der Waals surface area (Å²) in [6.07, 6.45) is 5.69. The van der Waals surface area contributed by atoms with Crippen LogP contribution in [0.2, 0.25) is 10.0 Å². The van der Waals surface area contributed by atoms with Crippen LogP contribution >= 0.6 is 23.2 Å². The molecule has 0 bridgehead atoms. The number of rotatable bonds is 4. The Bertz CT molecular complexity index is 568. The van der Waals surface area contributed by atoms with E-state index in [9.17, 15) is 0 Å². The summed E-state index contributed by atoms with van der Waals surface area (Å²) in [5.41, 5.74) is 1.20. The highest BCUT2D eigenvalue weighted by atomic mass is 35.5. The van der Waals surface area contributed by atoms with Crippen LogP contribution in [0, 0.1) is 5.92 Å². The summed E-state index contributed by atoms with van der Waals surface area (Å²) >= 11 is 12.2. The van der Waals surface area contributed by atoms with E-state index in [0.29, 0.717) is 10.0 Å². The monoisotopic (exact) mass is 367 g/mol. The zero-order chi connectivity index (χ0) is 16.5. The molecule has 2 heterocycles. The van der Waals surface area contributed by atoms with Crippen LogP contribution in [0.5, 0.6) is 0 Å². The number of halogens is 2. The van der Waals surface area contributed by atoms with Crippen LogP contribution in [-0.4, -0.2) is 61.7 Å². The summed E-state index contributed by atoms with van der Waals surface area (Å²) in [4.78, 5) is 7.84. The van der Waals surface area contributed by atoms with E-state index in [1.807, 2.05) is 12.1 Å². The van der Waals surface area contributed by atoms with Gasteiger partial charge in [0.15, 0.2) is 0 Å². The second-order valence-electron chi connectivity index (χ2n) is 7.62. The van der Waals surface area contributed by atoms with Gasteiger partial charge in [0, 0.05) is 51.0 Å². The highest BCUT2D eigenvalue weighted by molar-refractivity contribution is 6.42. The van der Waals surface area contributed by atoms with Crippen molar-refractivity contribution in [2.75, 3.05) is 50.7 Å². The second-order valence-corrected chi connectivity index (χ2v) is 8.43. The minimum Gasteiger partial charge on any atom is -0.369 e. The third kappa shape index (κ3) is 4.01. The van der Waals surface area contributed by atoms with E-state index in [2.05, 4.69) is 20.8 Å². The van der Waals surface area contributed by atoms with Gasteiger partial charge in [0.05, 0.1) is 10.0 Å². The van der Waals surface area contributed by atoms with Gasteiger partial charge in [-0.05, 0) is 56.3 Å². The van der Waals surface area contributed by atoms with Crippen LogP contribution in [0.25, 0.3) is 0 Å². The Morgan fingerprint density at radius 1 is 0.917 bits per heavy atom. The normalized spacial score (nSPS) is 26.8. The van der Waals surface area contributed by atoms with Crippen LogP contribution in [-0.2, 0) is 0 Å². The van der Waals surface area contributed by atoms with Gasteiger partial charge in [-0.3, -0.25) is 4.90 Å². The fraction of sp³-hybridized carbons (Fsp3) is 0.684. The average Bonchev–Trinajstić information content (AvgIpc) is 3.44. The van der Waals surface area contributed by atoms with Crippen LogP contribution in [0.3, 0.4) is 0 Å². The maximum Gasteiger partial charge on any atom is 0.0612 e. The van der Waals surface area contributed by atoms with Gasteiger partial charge in [0.25, 0.3) is 0 Å². The molecule has 1 aromatic rings. The van der Waals surface area contributed by atoms with Crippen LogP contribution in [0.4, 0.5) is 5.69 Å². The van der Waals surface area contributed by atoms with E-state index in [1.54, 1.807) is 0 Å². The molecule has 1 unspecified atom stereocenters. The Morgan fingerprint density at radius 3 is 2.42 bits per heavy atom. The zero-order valence-electron chi connectivity index (χ0n) is 14.3. The van der Waals surface area contributed by atoms with Gasteiger partial charge in [-0.25, -0.2) is 0 Å². The molecule has 0 radical (unpaired) electrons. The van der Waals surface area contributed by atoms with E-state index in [1.165, 1.54) is 51.0 Å². The first-order valence-corrected chi connectivity index (χ1v) is 10.1. The Balaban J connectivity index is 1.27. The average molecular weight is 368 g/mol. The quantitative estimate of drug-likeness (QED) is 0.796. The van der Waals surface area contributed by atoms with E-state index in [4.69, 9.17) is 23.2 Å². The molecule has 1 atom stereocenters. The van der Waals surface area contributed by atoms with Crippen molar-refractivity contribution in [2.45, 2.75) is 31.7 Å². The SMILES string of the molecule is Clc1ccc(N2CCN(CC3CCCN(C4CC4)C3)CC2)cc1Cl. The maximum atomic E-state index is 6.16. The molecule has 3 nitrogen and oxygen atoms in total. The lowest BCUT2D eigenvalue weighted by molar-refractivity contribution is 0.124. The Hall–Kier alpha value is -0.480. The largest absolute Gasteiger partial charge is 0.369 e. The third-order valence-corrected chi connectivity index (χ3v) is 6.51. The van der Waals surface area contributed by atoms with E-state index in [-0.39, 0.29) is 0 Å². The molecule has 0 amide bonds. The van der Waals surface area contributed by atoms with Crippen molar-refractivity contribution in [3.05, 3.63) is 28.2 Å². The third-order valence-electron chi connectivity index (χ3n) is 5.77. The molecule has 3 fully saturated rings. The molecule has 1 saturated carbocycles. The van der Waals surface area contributed by atoms with Crippen molar-refractivity contribution in [2.24, 2.45) is 5.92 Å². The van der Waals surface area contributed by atoms with Crippen molar-refractivity contribution < 1.29 is 0 Å². The fourth-order valence-corrected chi connectivity index (χ4v) is 4.55. The van der Waals surface area contributed by atoms with Gasteiger partial charge in [0.2, 0.25) is 0 Å². The van der Waals surface area contributed by atoms with Gasteiger partial charge >= 0.3 is 0 Å². The first-order chi connectivity index (χ1) is 11.7. The number of benzene rings is 1. The summed E-state index contributed by atoms with van der Waals surface area (Å²) in [7, 11) is 0. The Kier molecular flexibility index (Phi) is 5.24. The summed E-state index contributed by atoms with van der Waals surface area (Å²) in [5, 5.41) is 1.29. The van der Waals surface area contributed by atoms with Crippen molar-refractivity contribution in [1.29, 1.82) is 0 Å². The van der Waals surface area contributed by atoms with Gasteiger partial charge in [-0.15, -0.1) is 0 Å². The van der Waals surface area contributed by atoms with Gasteiger partial charge in [0.1, 0.15) is 0 Å². The molecule has 1 aliphatic carbocycles. The predicted octanol–water partition coefficient (Wildman–Crippen LogP) is 3.99. The molecular formula is C19H27Cl2N3. The van der Waals surface area contributed by atoms with Gasteiger partial charge in [-0.2, -0.15) is 0 Å². The number of nitrogens with zero attached hydrogens (tertiary/aromatic N) is 3. The molecular weight excluding hydrogens is 341 g/mol. The summed E-state index contributed by atoms with van der Waals surface area (Å²) < 4.78 is 0. The highest BCUT2D eigenvalue weighted by Crippen LogP contribution is 2.31. The molecule has 2 saturated heterocycles. The number of likely N-dealkylation sites (tertiary alicyclic amines) is 1. The minimum absolute atomic E-state index is 0.636.